The molecule has 1 unspecified atom stereocenters. The fourth-order valence-electron chi connectivity index (χ4n) is 2.48. The van der Waals surface area contributed by atoms with E-state index in [2.05, 4.69) is 15.6 Å². The summed E-state index contributed by atoms with van der Waals surface area (Å²) in [6, 6.07) is 8.13. The van der Waals surface area contributed by atoms with E-state index in [1.54, 1.807) is 10.9 Å². The van der Waals surface area contributed by atoms with Crippen LogP contribution in [0.1, 0.15) is 23.0 Å². The Labute approximate surface area is 123 Å². The van der Waals surface area contributed by atoms with Gasteiger partial charge in [0.2, 0.25) is 0 Å². The first-order valence-corrected chi connectivity index (χ1v) is 7.16. The van der Waals surface area contributed by atoms with E-state index in [-0.39, 0.29) is 11.9 Å². The van der Waals surface area contributed by atoms with Gasteiger partial charge in [0.25, 0.3) is 5.91 Å². The predicted octanol–water partition coefficient (Wildman–Crippen LogP) is 1.01. The van der Waals surface area contributed by atoms with Crippen LogP contribution in [-0.2, 0) is 0 Å². The first-order chi connectivity index (χ1) is 10.1. The van der Waals surface area contributed by atoms with Crippen molar-refractivity contribution < 1.29 is 4.79 Å². The molecular weight excluding hydrogens is 266 g/mol. The second-order valence-electron chi connectivity index (χ2n) is 5.44. The molecular formula is C15H19N5O. The molecule has 2 aromatic rings. The number of piperazine rings is 1. The Bertz CT molecular complexity index is 634. The molecule has 6 heteroatoms. The van der Waals surface area contributed by atoms with Crippen LogP contribution in [-0.4, -0.2) is 51.5 Å². The SMILES string of the molecule is Cc1ccc(-n2cc(C(=O)N3CCNCC3C)nn2)cc1. The number of carbonyl (C=O) groups excluding carboxylic acids is 1. The van der Waals surface area contributed by atoms with Crippen LogP contribution < -0.4 is 5.32 Å². The number of hydrogen-bond acceptors (Lipinski definition) is 4. The smallest absolute Gasteiger partial charge is 0.276 e. The number of benzene rings is 1. The molecule has 110 valence electrons. The van der Waals surface area contributed by atoms with Gasteiger partial charge in [-0.1, -0.05) is 22.9 Å². The van der Waals surface area contributed by atoms with Crippen molar-refractivity contribution in [1.82, 2.24) is 25.2 Å². The summed E-state index contributed by atoms with van der Waals surface area (Å²) < 4.78 is 1.64. The van der Waals surface area contributed by atoms with Crippen LogP contribution in [0.15, 0.2) is 30.5 Å². The first kappa shape index (κ1) is 13.8. The van der Waals surface area contributed by atoms with E-state index in [0.717, 1.165) is 18.8 Å². The lowest BCUT2D eigenvalue weighted by atomic mass is 10.2. The lowest BCUT2D eigenvalue weighted by Gasteiger charge is -2.33. The fraction of sp³-hybridized carbons (Fsp3) is 0.400. The van der Waals surface area contributed by atoms with Gasteiger partial charge in [-0.3, -0.25) is 4.79 Å². The fourth-order valence-corrected chi connectivity index (χ4v) is 2.48. The molecule has 0 radical (unpaired) electrons. The topological polar surface area (TPSA) is 63.1 Å². The van der Waals surface area contributed by atoms with Gasteiger partial charge < -0.3 is 10.2 Å². The minimum atomic E-state index is -0.0534. The van der Waals surface area contributed by atoms with Gasteiger partial charge in [-0.05, 0) is 26.0 Å². The quantitative estimate of drug-likeness (QED) is 0.894. The zero-order valence-electron chi connectivity index (χ0n) is 12.3. The number of hydrogen-bond donors (Lipinski definition) is 1. The Morgan fingerprint density at radius 2 is 2.10 bits per heavy atom. The first-order valence-electron chi connectivity index (χ1n) is 7.16. The molecule has 1 fully saturated rings. The maximum Gasteiger partial charge on any atom is 0.276 e. The molecule has 0 bridgehead atoms. The Morgan fingerprint density at radius 3 is 2.81 bits per heavy atom. The average Bonchev–Trinajstić information content (AvgIpc) is 2.98. The molecule has 1 saturated heterocycles. The maximum absolute atomic E-state index is 12.5. The van der Waals surface area contributed by atoms with Crippen LogP contribution in [0.5, 0.6) is 0 Å². The van der Waals surface area contributed by atoms with Crippen molar-refractivity contribution in [2.24, 2.45) is 0 Å². The van der Waals surface area contributed by atoms with Crippen molar-refractivity contribution in [2.45, 2.75) is 19.9 Å². The Balaban J connectivity index is 1.81. The van der Waals surface area contributed by atoms with Gasteiger partial charge in [-0.2, -0.15) is 0 Å². The van der Waals surface area contributed by atoms with E-state index in [9.17, 15) is 4.79 Å². The highest BCUT2D eigenvalue weighted by molar-refractivity contribution is 5.92. The third-order valence-corrected chi connectivity index (χ3v) is 3.77. The molecule has 21 heavy (non-hydrogen) atoms. The molecule has 1 aromatic carbocycles. The third-order valence-electron chi connectivity index (χ3n) is 3.77. The number of rotatable bonds is 2. The van der Waals surface area contributed by atoms with E-state index >= 15 is 0 Å². The van der Waals surface area contributed by atoms with Crippen LogP contribution in [0.3, 0.4) is 0 Å². The van der Waals surface area contributed by atoms with E-state index in [1.807, 2.05) is 43.0 Å². The van der Waals surface area contributed by atoms with Gasteiger partial charge >= 0.3 is 0 Å². The number of aryl methyl sites for hydroxylation is 1. The molecule has 1 atom stereocenters. The summed E-state index contributed by atoms with van der Waals surface area (Å²) in [7, 11) is 0. The molecule has 3 rings (SSSR count). The molecule has 2 heterocycles. The van der Waals surface area contributed by atoms with Crippen molar-refractivity contribution in [1.29, 1.82) is 0 Å². The predicted molar refractivity (Wildman–Crippen MR) is 79.5 cm³/mol. The summed E-state index contributed by atoms with van der Waals surface area (Å²) >= 11 is 0. The second-order valence-corrected chi connectivity index (χ2v) is 5.44. The van der Waals surface area contributed by atoms with E-state index in [4.69, 9.17) is 0 Å². The largest absolute Gasteiger partial charge is 0.332 e. The Hall–Kier alpha value is -2.21. The van der Waals surface area contributed by atoms with Gasteiger partial charge in [0, 0.05) is 25.7 Å². The zero-order chi connectivity index (χ0) is 14.8. The van der Waals surface area contributed by atoms with Gasteiger partial charge in [-0.15, -0.1) is 5.10 Å². The Kier molecular flexibility index (Phi) is 3.70. The zero-order valence-corrected chi connectivity index (χ0v) is 12.3. The number of amides is 1. The molecule has 0 saturated carbocycles. The highest BCUT2D eigenvalue weighted by Gasteiger charge is 2.26. The molecule has 1 N–H and O–H groups in total. The molecule has 6 nitrogen and oxygen atoms in total. The normalized spacial score (nSPS) is 18.8. The second kappa shape index (κ2) is 5.65. The maximum atomic E-state index is 12.5. The molecule has 1 amide bonds. The van der Waals surface area contributed by atoms with Gasteiger partial charge in [0.1, 0.15) is 0 Å². The highest BCUT2D eigenvalue weighted by Crippen LogP contribution is 2.11. The summed E-state index contributed by atoms with van der Waals surface area (Å²) in [6.07, 6.45) is 1.70. The van der Waals surface area contributed by atoms with Gasteiger partial charge in [0.15, 0.2) is 5.69 Å². The minimum absolute atomic E-state index is 0.0534. The summed E-state index contributed by atoms with van der Waals surface area (Å²) in [5.41, 5.74) is 2.48. The summed E-state index contributed by atoms with van der Waals surface area (Å²) in [4.78, 5) is 14.3. The van der Waals surface area contributed by atoms with Crippen LogP contribution in [0, 0.1) is 6.92 Å². The van der Waals surface area contributed by atoms with Crippen molar-refractivity contribution in [3.05, 3.63) is 41.7 Å². The molecule has 1 aliphatic heterocycles. The van der Waals surface area contributed by atoms with Crippen LogP contribution in [0.25, 0.3) is 5.69 Å². The Morgan fingerprint density at radius 1 is 1.33 bits per heavy atom. The monoisotopic (exact) mass is 285 g/mol. The average molecular weight is 285 g/mol. The number of nitrogens with zero attached hydrogens (tertiary/aromatic N) is 4. The van der Waals surface area contributed by atoms with Crippen molar-refractivity contribution in [3.8, 4) is 5.69 Å². The lowest BCUT2D eigenvalue weighted by Crippen LogP contribution is -2.52. The number of aromatic nitrogens is 3. The molecule has 0 aliphatic carbocycles. The van der Waals surface area contributed by atoms with Gasteiger partial charge in [-0.25, -0.2) is 4.68 Å². The molecule has 1 aromatic heterocycles. The number of carbonyl (C=O) groups is 1. The minimum Gasteiger partial charge on any atom is -0.332 e. The van der Waals surface area contributed by atoms with Crippen LogP contribution in [0.4, 0.5) is 0 Å². The van der Waals surface area contributed by atoms with Gasteiger partial charge in [0.05, 0.1) is 11.9 Å². The molecule has 0 spiro atoms. The summed E-state index contributed by atoms with van der Waals surface area (Å²) in [5, 5.41) is 11.4. The lowest BCUT2D eigenvalue weighted by molar-refractivity contribution is 0.0649. The van der Waals surface area contributed by atoms with Crippen molar-refractivity contribution in [2.75, 3.05) is 19.6 Å². The van der Waals surface area contributed by atoms with E-state index in [0.29, 0.717) is 12.2 Å². The van der Waals surface area contributed by atoms with E-state index in [1.165, 1.54) is 5.56 Å². The summed E-state index contributed by atoms with van der Waals surface area (Å²) in [6.45, 7) is 6.41. The van der Waals surface area contributed by atoms with Crippen LogP contribution in [0.2, 0.25) is 0 Å². The molecule has 1 aliphatic rings. The van der Waals surface area contributed by atoms with Crippen molar-refractivity contribution >= 4 is 5.91 Å². The standard InChI is InChI=1S/C15H19N5O/c1-11-3-5-13(6-4-11)20-10-14(17-18-20)15(21)19-8-7-16-9-12(19)2/h3-6,10,12,16H,7-9H2,1-2H3. The highest BCUT2D eigenvalue weighted by atomic mass is 16.2. The van der Waals surface area contributed by atoms with E-state index < -0.39 is 0 Å². The van der Waals surface area contributed by atoms with Crippen molar-refractivity contribution in [3.63, 3.8) is 0 Å². The van der Waals surface area contributed by atoms with Crippen LogP contribution >= 0.6 is 0 Å². The summed E-state index contributed by atoms with van der Waals surface area (Å²) in [5.74, 6) is -0.0534. The number of nitrogens with one attached hydrogen (secondary N) is 1. The third kappa shape index (κ3) is 2.80.